The topological polar surface area (TPSA) is 142 Å². The van der Waals surface area contributed by atoms with E-state index in [0.29, 0.717) is 37.6 Å². The van der Waals surface area contributed by atoms with Crippen LogP contribution in [-0.2, 0) is 14.4 Å². The lowest BCUT2D eigenvalue weighted by atomic mass is 10.1. The first kappa shape index (κ1) is 29.5. The van der Waals surface area contributed by atoms with E-state index >= 15 is 0 Å². The molecule has 2 heterocycles. The van der Waals surface area contributed by atoms with Crippen LogP contribution in [0.2, 0.25) is 0 Å². The summed E-state index contributed by atoms with van der Waals surface area (Å²) in [5.41, 5.74) is 0.754. The molecule has 42 heavy (non-hydrogen) atoms. The molecule has 2 aliphatic carbocycles. The summed E-state index contributed by atoms with van der Waals surface area (Å²) in [4.78, 5) is 63.8. The van der Waals surface area contributed by atoms with Crippen LogP contribution in [0.25, 0.3) is 11.4 Å². The molecule has 1 atom stereocenters. The van der Waals surface area contributed by atoms with Crippen LogP contribution in [0.5, 0.6) is 5.88 Å². The molecule has 1 aromatic carbocycles. The van der Waals surface area contributed by atoms with Crippen LogP contribution in [0.4, 0.5) is 0 Å². The van der Waals surface area contributed by atoms with E-state index in [4.69, 9.17) is 4.74 Å². The quantitative estimate of drug-likeness (QED) is 0.438. The Labute approximate surface area is 245 Å². The summed E-state index contributed by atoms with van der Waals surface area (Å²) in [6.07, 6.45) is 7.64. The standard InChI is InChI=1S/C31H39N5O6/c37-27(38)15-14-24(31(41)36-18-16-35(17-19-36)30(40)22-10-4-5-11-22)33-29(39)25-20-26(42-23-12-6-7-13-23)34-28(32-25)21-8-2-1-3-9-21/h1-3,8-9,20,22-24H,4-7,10-19H2,(H,33,39)(H,37,38). The van der Waals surface area contributed by atoms with E-state index in [1.807, 2.05) is 35.2 Å². The summed E-state index contributed by atoms with van der Waals surface area (Å²) in [6, 6.07) is 9.68. The number of aliphatic carboxylic acids is 1. The molecule has 0 spiro atoms. The normalized spacial score (nSPS) is 18.6. The molecule has 5 rings (SSSR count). The number of nitrogens with one attached hydrogen (secondary N) is 1. The summed E-state index contributed by atoms with van der Waals surface area (Å²) in [6.45, 7) is 1.52. The molecule has 1 aromatic heterocycles. The Morgan fingerprint density at radius 1 is 0.905 bits per heavy atom. The van der Waals surface area contributed by atoms with Crippen molar-refractivity contribution in [2.45, 2.75) is 76.4 Å². The number of aromatic nitrogens is 2. The van der Waals surface area contributed by atoms with Gasteiger partial charge in [-0.2, -0.15) is 4.98 Å². The molecule has 2 aromatic rings. The van der Waals surface area contributed by atoms with Crippen LogP contribution < -0.4 is 10.1 Å². The Bertz CT molecular complexity index is 1270. The molecule has 2 N–H and O–H groups in total. The summed E-state index contributed by atoms with van der Waals surface area (Å²) >= 11 is 0. The smallest absolute Gasteiger partial charge is 0.303 e. The molecule has 2 saturated carbocycles. The number of hydrogen-bond donors (Lipinski definition) is 2. The van der Waals surface area contributed by atoms with Gasteiger partial charge in [0.05, 0.1) is 0 Å². The second kappa shape index (κ2) is 13.8. The van der Waals surface area contributed by atoms with Crippen LogP contribution in [0, 0.1) is 5.92 Å². The number of piperazine rings is 1. The average molecular weight is 578 g/mol. The van der Waals surface area contributed by atoms with Gasteiger partial charge in [-0.1, -0.05) is 43.2 Å². The van der Waals surface area contributed by atoms with Gasteiger partial charge in [-0.05, 0) is 44.9 Å². The van der Waals surface area contributed by atoms with Gasteiger partial charge in [0.1, 0.15) is 17.8 Å². The van der Waals surface area contributed by atoms with E-state index in [1.165, 1.54) is 6.07 Å². The minimum Gasteiger partial charge on any atom is -0.481 e. The number of ether oxygens (including phenoxy) is 1. The minimum atomic E-state index is -1.06. The van der Waals surface area contributed by atoms with Crippen molar-refractivity contribution in [1.29, 1.82) is 0 Å². The van der Waals surface area contributed by atoms with Crippen molar-refractivity contribution in [1.82, 2.24) is 25.1 Å². The molecule has 11 nitrogen and oxygen atoms in total. The molecule has 3 amide bonds. The highest BCUT2D eigenvalue weighted by atomic mass is 16.5. The zero-order valence-corrected chi connectivity index (χ0v) is 23.9. The van der Waals surface area contributed by atoms with E-state index in [-0.39, 0.29) is 48.3 Å². The Hall–Kier alpha value is -4.02. The zero-order valence-electron chi connectivity index (χ0n) is 23.9. The highest BCUT2D eigenvalue weighted by Crippen LogP contribution is 2.28. The SMILES string of the molecule is O=C(O)CCC(NC(=O)c1cc(OC2CCCC2)nc(-c2ccccc2)n1)C(=O)N1CCN(C(=O)C2CCCC2)CC1. The van der Waals surface area contributed by atoms with E-state index in [2.05, 4.69) is 15.3 Å². The first-order valence-electron chi connectivity index (χ1n) is 15.1. The van der Waals surface area contributed by atoms with E-state index in [1.54, 1.807) is 4.90 Å². The third-order valence-corrected chi connectivity index (χ3v) is 8.41. The Balaban J connectivity index is 1.30. The summed E-state index contributed by atoms with van der Waals surface area (Å²) in [5.74, 6) is -1.18. The fourth-order valence-corrected chi connectivity index (χ4v) is 6.05. The summed E-state index contributed by atoms with van der Waals surface area (Å²) < 4.78 is 6.10. The number of benzene rings is 1. The van der Waals surface area contributed by atoms with Crippen molar-refractivity contribution in [2.75, 3.05) is 26.2 Å². The number of nitrogens with zero attached hydrogens (tertiary/aromatic N) is 4. The molecule has 3 fully saturated rings. The molecule has 0 radical (unpaired) electrons. The number of carboxylic acid groups (broad SMARTS) is 1. The molecule has 224 valence electrons. The monoisotopic (exact) mass is 577 g/mol. The van der Waals surface area contributed by atoms with E-state index in [9.17, 15) is 24.3 Å². The van der Waals surface area contributed by atoms with Crippen LogP contribution in [0.1, 0.15) is 74.7 Å². The zero-order chi connectivity index (χ0) is 29.5. The minimum absolute atomic E-state index is 0.0172. The van der Waals surface area contributed by atoms with Crippen LogP contribution in [-0.4, -0.2) is 86.9 Å². The first-order valence-corrected chi connectivity index (χ1v) is 15.1. The third-order valence-electron chi connectivity index (χ3n) is 8.41. The largest absolute Gasteiger partial charge is 0.481 e. The van der Waals surface area contributed by atoms with Gasteiger partial charge >= 0.3 is 5.97 Å². The Kier molecular flexibility index (Phi) is 9.66. The van der Waals surface area contributed by atoms with E-state index in [0.717, 1.165) is 51.4 Å². The lowest BCUT2D eigenvalue weighted by Gasteiger charge is -2.37. The number of hydrogen-bond acceptors (Lipinski definition) is 7. The number of amides is 3. The van der Waals surface area contributed by atoms with Crippen molar-refractivity contribution in [3.63, 3.8) is 0 Å². The summed E-state index contributed by atoms with van der Waals surface area (Å²) in [5, 5.41) is 12.1. The van der Waals surface area contributed by atoms with E-state index < -0.39 is 17.9 Å². The average Bonchev–Trinajstić information content (AvgIpc) is 3.74. The molecule has 3 aliphatic rings. The predicted octanol–water partition coefficient (Wildman–Crippen LogP) is 3.29. The fourth-order valence-electron chi connectivity index (χ4n) is 6.05. The molecule has 1 saturated heterocycles. The lowest BCUT2D eigenvalue weighted by Crippen LogP contribution is -2.56. The van der Waals surface area contributed by atoms with Gasteiger partial charge in [0.15, 0.2) is 5.82 Å². The van der Waals surface area contributed by atoms with Gasteiger partial charge in [-0.3, -0.25) is 19.2 Å². The van der Waals surface area contributed by atoms with Crippen molar-refractivity contribution < 1.29 is 29.0 Å². The maximum absolute atomic E-state index is 13.6. The molecule has 11 heteroatoms. The van der Waals surface area contributed by atoms with Gasteiger partial charge in [-0.25, -0.2) is 4.98 Å². The Morgan fingerprint density at radius 2 is 1.55 bits per heavy atom. The summed E-state index contributed by atoms with van der Waals surface area (Å²) in [7, 11) is 0. The molecule has 1 unspecified atom stereocenters. The van der Waals surface area contributed by atoms with Crippen molar-refractivity contribution >= 4 is 23.7 Å². The van der Waals surface area contributed by atoms with Gasteiger partial charge in [0.25, 0.3) is 5.91 Å². The van der Waals surface area contributed by atoms with Gasteiger partial charge in [-0.15, -0.1) is 0 Å². The third kappa shape index (κ3) is 7.43. The molecule has 0 bridgehead atoms. The highest BCUT2D eigenvalue weighted by Gasteiger charge is 2.33. The Morgan fingerprint density at radius 3 is 2.21 bits per heavy atom. The maximum atomic E-state index is 13.6. The maximum Gasteiger partial charge on any atom is 0.303 e. The van der Waals surface area contributed by atoms with Crippen LogP contribution in [0.3, 0.4) is 0 Å². The van der Waals surface area contributed by atoms with Crippen molar-refractivity contribution in [3.05, 3.63) is 42.1 Å². The highest BCUT2D eigenvalue weighted by molar-refractivity contribution is 5.97. The fraction of sp³-hybridized carbons (Fsp3) is 0.548. The van der Waals surface area contributed by atoms with Gasteiger partial charge < -0.3 is 25.0 Å². The van der Waals surface area contributed by atoms with Crippen molar-refractivity contribution in [2.24, 2.45) is 5.92 Å². The number of rotatable bonds is 10. The number of carbonyl (C=O) groups is 4. The molecule has 1 aliphatic heterocycles. The number of carbonyl (C=O) groups excluding carboxylic acids is 3. The predicted molar refractivity (Wildman–Crippen MR) is 154 cm³/mol. The number of carboxylic acids is 1. The molecular formula is C31H39N5O6. The lowest BCUT2D eigenvalue weighted by molar-refractivity contribution is -0.143. The first-order chi connectivity index (χ1) is 20.4. The van der Waals surface area contributed by atoms with Gasteiger partial charge in [0, 0.05) is 50.1 Å². The van der Waals surface area contributed by atoms with Crippen molar-refractivity contribution in [3.8, 4) is 17.3 Å². The van der Waals surface area contributed by atoms with Gasteiger partial charge in [0.2, 0.25) is 17.7 Å². The second-order valence-corrected chi connectivity index (χ2v) is 11.4. The molecular weight excluding hydrogens is 538 g/mol. The van der Waals surface area contributed by atoms with Crippen LogP contribution >= 0.6 is 0 Å². The second-order valence-electron chi connectivity index (χ2n) is 11.4. The van der Waals surface area contributed by atoms with Crippen LogP contribution in [0.15, 0.2) is 36.4 Å².